The molecule has 56 heavy (non-hydrogen) atoms. The minimum Gasteiger partial charge on any atom is -0.392 e. The molecule has 1 fully saturated rings. The Balaban J connectivity index is 1.26. The summed E-state index contributed by atoms with van der Waals surface area (Å²) >= 11 is 0. The molecule has 4 aromatic carbocycles. The van der Waals surface area contributed by atoms with E-state index in [0.717, 1.165) is 65.0 Å². The number of benzene rings is 4. The molecule has 1 aliphatic heterocycles. The van der Waals surface area contributed by atoms with E-state index in [1.54, 1.807) is 0 Å². The Hall–Kier alpha value is -4.01. The maximum Gasteiger partial charge on any atom is 0.315 e. The first-order valence-corrected chi connectivity index (χ1v) is 21.5. The Morgan fingerprint density at radius 2 is 1.23 bits per heavy atom. The summed E-state index contributed by atoms with van der Waals surface area (Å²) in [6.45, 7) is 8.60. The van der Waals surface area contributed by atoms with Gasteiger partial charge in [0.15, 0.2) is 6.29 Å². The van der Waals surface area contributed by atoms with Gasteiger partial charge in [0.2, 0.25) is 0 Å². The lowest BCUT2D eigenvalue weighted by molar-refractivity contribution is -0.253. The lowest BCUT2D eigenvalue weighted by atomic mass is 9.97. The summed E-state index contributed by atoms with van der Waals surface area (Å²) in [5.74, 6) is 0. The van der Waals surface area contributed by atoms with Crippen LogP contribution in [0.1, 0.15) is 138 Å². The molecule has 3 N–H and O–H groups in total. The van der Waals surface area contributed by atoms with Crippen LogP contribution in [0.5, 0.6) is 0 Å². The molecule has 4 aromatic rings. The number of hydrogen-bond donors (Lipinski definition) is 3. The third-order valence-corrected chi connectivity index (χ3v) is 11.0. The molecule has 2 amide bonds. The summed E-state index contributed by atoms with van der Waals surface area (Å²) in [5.41, 5.74) is 7.26. The number of aliphatic hydroxyl groups excluding tert-OH is 1. The summed E-state index contributed by atoms with van der Waals surface area (Å²) < 4.78 is 13.6. The predicted molar refractivity (Wildman–Crippen MR) is 229 cm³/mol. The van der Waals surface area contributed by atoms with Crippen molar-refractivity contribution in [1.82, 2.24) is 15.5 Å². The van der Waals surface area contributed by atoms with Gasteiger partial charge in [-0.05, 0) is 59.3 Å². The number of urea groups is 1. The van der Waals surface area contributed by atoms with Gasteiger partial charge in [-0.2, -0.15) is 0 Å². The summed E-state index contributed by atoms with van der Waals surface area (Å²) in [6.07, 6.45) is 15.8. The Bertz CT molecular complexity index is 1650. The van der Waals surface area contributed by atoms with Crippen LogP contribution >= 0.6 is 0 Å². The van der Waals surface area contributed by atoms with E-state index in [1.807, 2.05) is 54.6 Å². The number of aliphatic hydroxyl groups is 1. The first-order valence-electron chi connectivity index (χ1n) is 21.5. The second-order valence-electron chi connectivity index (χ2n) is 15.5. The third kappa shape index (κ3) is 14.5. The van der Waals surface area contributed by atoms with E-state index in [0.29, 0.717) is 13.1 Å². The molecule has 1 heterocycles. The van der Waals surface area contributed by atoms with Gasteiger partial charge in [-0.15, -0.1) is 0 Å². The number of hydrogen-bond acceptors (Lipinski definition) is 5. The molecule has 1 aliphatic rings. The van der Waals surface area contributed by atoms with Crippen LogP contribution in [-0.2, 0) is 29.2 Å². The average molecular weight is 762 g/mol. The van der Waals surface area contributed by atoms with Gasteiger partial charge in [0, 0.05) is 31.6 Å². The van der Waals surface area contributed by atoms with Crippen LogP contribution in [0.15, 0.2) is 103 Å². The highest BCUT2D eigenvalue weighted by atomic mass is 16.7. The average Bonchev–Trinajstić information content (AvgIpc) is 3.25. The summed E-state index contributed by atoms with van der Waals surface area (Å²) in [6, 6.07) is 34.6. The second kappa shape index (κ2) is 24.6. The van der Waals surface area contributed by atoms with Crippen molar-refractivity contribution in [2.45, 2.75) is 136 Å². The molecule has 0 radical (unpaired) electrons. The molecule has 302 valence electrons. The highest BCUT2D eigenvalue weighted by molar-refractivity contribution is 5.75. The fourth-order valence-electron chi connectivity index (χ4n) is 7.64. The van der Waals surface area contributed by atoms with Crippen LogP contribution in [0.4, 0.5) is 4.79 Å². The smallest absolute Gasteiger partial charge is 0.315 e. The highest BCUT2D eigenvalue weighted by Gasteiger charge is 2.33. The van der Waals surface area contributed by atoms with Crippen molar-refractivity contribution in [1.29, 1.82) is 0 Å². The van der Waals surface area contributed by atoms with E-state index in [1.165, 1.54) is 77.0 Å². The zero-order valence-electron chi connectivity index (χ0n) is 34.1. The monoisotopic (exact) mass is 762 g/mol. The normalized spacial score (nSPS) is 16.9. The molecule has 0 spiro atoms. The zero-order chi connectivity index (χ0) is 39.2. The van der Waals surface area contributed by atoms with E-state index < -0.39 is 6.29 Å². The van der Waals surface area contributed by atoms with Crippen molar-refractivity contribution in [3.8, 4) is 11.1 Å². The van der Waals surface area contributed by atoms with Crippen LogP contribution in [0, 0.1) is 0 Å². The van der Waals surface area contributed by atoms with E-state index in [9.17, 15) is 9.90 Å². The number of carbonyl (C=O) groups is 1. The molecule has 0 unspecified atom stereocenters. The minimum absolute atomic E-state index is 0.0240. The Kier molecular flexibility index (Phi) is 18.9. The highest BCUT2D eigenvalue weighted by Crippen LogP contribution is 2.39. The number of unbranched alkanes of at least 4 members (excludes halogenated alkanes) is 10. The van der Waals surface area contributed by atoms with Crippen molar-refractivity contribution in [3.05, 3.63) is 131 Å². The molecule has 0 saturated carbocycles. The number of amides is 2. The lowest BCUT2D eigenvalue weighted by Gasteiger charge is -2.38. The molecule has 7 heteroatoms. The van der Waals surface area contributed by atoms with Gasteiger partial charge in [0.05, 0.1) is 18.8 Å². The first-order chi connectivity index (χ1) is 27.6. The quantitative estimate of drug-likeness (QED) is 0.0619. The summed E-state index contributed by atoms with van der Waals surface area (Å²) in [7, 11) is 0. The molecular weight excluding hydrogens is 695 g/mol. The first kappa shape index (κ1) is 43.1. The van der Waals surface area contributed by atoms with Crippen molar-refractivity contribution in [3.63, 3.8) is 0 Å². The molecule has 0 bridgehead atoms. The molecule has 0 aliphatic carbocycles. The van der Waals surface area contributed by atoms with E-state index >= 15 is 0 Å². The van der Waals surface area contributed by atoms with Crippen molar-refractivity contribution in [2.75, 3.05) is 19.6 Å². The molecule has 5 rings (SSSR count). The Morgan fingerprint density at radius 1 is 0.643 bits per heavy atom. The topological polar surface area (TPSA) is 83.1 Å². The van der Waals surface area contributed by atoms with Crippen molar-refractivity contribution in [2.24, 2.45) is 0 Å². The number of ether oxygens (including phenoxy) is 2. The van der Waals surface area contributed by atoms with Crippen LogP contribution < -0.4 is 10.6 Å². The zero-order valence-corrected chi connectivity index (χ0v) is 34.1. The third-order valence-electron chi connectivity index (χ3n) is 11.0. The van der Waals surface area contributed by atoms with Gasteiger partial charge in [0.25, 0.3) is 0 Å². The number of nitrogens with zero attached hydrogens (tertiary/aromatic N) is 1. The van der Waals surface area contributed by atoms with Gasteiger partial charge in [-0.1, -0.05) is 181 Å². The predicted octanol–water partition coefficient (Wildman–Crippen LogP) is 11.4. The standard InChI is InChI=1S/C49H67N3O4/c1-3-5-7-9-11-18-32-52(33-19-12-10-8-6-4-2)37-45-34-47(42-26-24-40(38-53)25-27-42)56-48(55-45)43-30-28-41(29-31-43)46-23-17-16-22-44(46)36-51-49(54)50-35-39-20-14-13-15-21-39/h13-17,20-31,45,47-48,53H,3-12,18-19,32-38H2,1-2H3,(H2,50,51,54)/t45-,47+,48+/m0/s1. The fourth-order valence-corrected chi connectivity index (χ4v) is 7.64. The van der Waals surface area contributed by atoms with Crippen LogP contribution in [0.25, 0.3) is 11.1 Å². The molecule has 3 atom stereocenters. The van der Waals surface area contributed by atoms with Gasteiger partial charge >= 0.3 is 6.03 Å². The fraction of sp³-hybridized carbons (Fsp3) is 0.490. The van der Waals surface area contributed by atoms with E-state index in [2.05, 4.69) is 77.9 Å². The van der Waals surface area contributed by atoms with E-state index in [-0.39, 0.29) is 24.8 Å². The SMILES string of the molecule is CCCCCCCCN(CCCCCCCC)C[C@@H]1C[C@H](c2ccc(CO)cc2)O[C@H](c2ccc(-c3ccccc3CNC(=O)NCc3ccccc3)cc2)O1. The number of carbonyl (C=O) groups excluding carboxylic acids is 1. The number of rotatable bonds is 24. The number of nitrogens with one attached hydrogen (secondary N) is 2. The second-order valence-corrected chi connectivity index (χ2v) is 15.5. The minimum atomic E-state index is -0.500. The van der Waals surface area contributed by atoms with Gasteiger partial charge in [-0.25, -0.2) is 4.79 Å². The Morgan fingerprint density at radius 3 is 1.89 bits per heavy atom. The lowest BCUT2D eigenvalue weighted by Crippen LogP contribution is -2.40. The van der Waals surface area contributed by atoms with Crippen LogP contribution in [0.2, 0.25) is 0 Å². The van der Waals surface area contributed by atoms with E-state index in [4.69, 9.17) is 9.47 Å². The Labute approximate surface area is 337 Å². The molecule has 0 aromatic heterocycles. The molecule has 1 saturated heterocycles. The molecular formula is C49H67N3O4. The summed E-state index contributed by atoms with van der Waals surface area (Å²) in [4.78, 5) is 15.3. The summed E-state index contributed by atoms with van der Waals surface area (Å²) in [5, 5.41) is 15.7. The molecule has 7 nitrogen and oxygen atoms in total. The van der Waals surface area contributed by atoms with Gasteiger partial charge in [-0.3, -0.25) is 0 Å². The van der Waals surface area contributed by atoms with Gasteiger partial charge in [0.1, 0.15) is 0 Å². The van der Waals surface area contributed by atoms with Crippen LogP contribution in [0.3, 0.4) is 0 Å². The maximum absolute atomic E-state index is 12.6. The van der Waals surface area contributed by atoms with Crippen molar-refractivity contribution >= 4 is 6.03 Å². The van der Waals surface area contributed by atoms with Gasteiger partial charge < -0.3 is 30.1 Å². The largest absolute Gasteiger partial charge is 0.392 e. The van der Waals surface area contributed by atoms with Crippen LogP contribution in [-0.4, -0.2) is 41.8 Å². The van der Waals surface area contributed by atoms with Crippen molar-refractivity contribution < 1.29 is 19.4 Å². The maximum atomic E-state index is 12.6.